The zero-order chi connectivity index (χ0) is 13.7. The molecule has 1 heterocycles. The predicted octanol–water partition coefficient (Wildman–Crippen LogP) is 0.992. The molecule has 0 bridgehead atoms. The smallest absolute Gasteiger partial charge is 0.217 e. The maximum atomic E-state index is 12.4. The molecule has 0 aromatic rings. The number of nitrogens with two attached hydrogens (primary N) is 1. The van der Waals surface area contributed by atoms with Gasteiger partial charge in [0.2, 0.25) is 10.0 Å². The van der Waals surface area contributed by atoms with E-state index in [1.807, 2.05) is 0 Å². The van der Waals surface area contributed by atoms with E-state index < -0.39 is 15.3 Å². The molecule has 2 unspecified atom stereocenters. The van der Waals surface area contributed by atoms with Crippen LogP contribution >= 0.6 is 0 Å². The third-order valence-electron chi connectivity index (χ3n) is 4.35. The van der Waals surface area contributed by atoms with E-state index in [4.69, 9.17) is 10.5 Å². The average molecular weight is 290 g/mol. The molecule has 2 atom stereocenters. The zero-order valence-corrected chi connectivity index (χ0v) is 12.3. The highest BCUT2D eigenvalue weighted by Crippen LogP contribution is 2.27. The summed E-state index contributed by atoms with van der Waals surface area (Å²) in [5.74, 6) is 0.401. The van der Waals surface area contributed by atoms with Crippen molar-refractivity contribution in [1.29, 1.82) is 0 Å². The van der Waals surface area contributed by atoms with Crippen LogP contribution in [0.25, 0.3) is 0 Å². The molecular weight excluding hydrogens is 264 g/mol. The molecule has 2 fully saturated rings. The molecule has 1 aliphatic heterocycles. The van der Waals surface area contributed by atoms with E-state index in [0.29, 0.717) is 32.1 Å². The molecule has 1 saturated carbocycles. The predicted molar refractivity (Wildman–Crippen MR) is 75.3 cm³/mol. The maximum Gasteiger partial charge on any atom is 0.217 e. The Morgan fingerprint density at radius 1 is 1.16 bits per heavy atom. The Morgan fingerprint density at radius 3 is 2.47 bits per heavy atom. The Labute approximate surface area is 116 Å². The van der Waals surface area contributed by atoms with Gasteiger partial charge in [-0.2, -0.15) is 0 Å². The van der Waals surface area contributed by atoms with Gasteiger partial charge in [-0.05, 0) is 31.6 Å². The minimum Gasteiger partial charge on any atom is -0.380 e. The van der Waals surface area contributed by atoms with Crippen LogP contribution in [0.5, 0.6) is 0 Å². The summed E-state index contributed by atoms with van der Waals surface area (Å²) in [6.45, 7) is 1.38. The van der Waals surface area contributed by atoms with Crippen LogP contribution in [-0.4, -0.2) is 39.5 Å². The fraction of sp³-hybridized carbons (Fsp3) is 1.00. The van der Waals surface area contributed by atoms with Crippen LogP contribution in [0.15, 0.2) is 0 Å². The largest absolute Gasteiger partial charge is 0.380 e. The first-order chi connectivity index (χ1) is 9.13. The molecule has 6 heteroatoms. The van der Waals surface area contributed by atoms with Gasteiger partial charge in [-0.15, -0.1) is 0 Å². The Hall–Kier alpha value is -0.170. The lowest BCUT2D eigenvalue weighted by molar-refractivity contribution is 0.0985. The fourth-order valence-electron chi connectivity index (χ4n) is 3.14. The molecule has 19 heavy (non-hydrogen) atoms. The van der Waals surface area contributed by atoms with Gasteiger partial charge in [0.25, 0.3) is 0 Å². The highest BCUT2D eigenvalue weighted by molar-refractivity contribution is 7.90. The van der Waals surface area contributed by atoms with Crippen LogP contribution in [0.2, 0.25) is 0 Å². The molecule has 2 aliphatic rings. The van der Waals surface area contributed by atoms with E-state index in [1.54, 1.807) is 0 Å². The van der Waals surface area contributed by atoms with Gasteiger partial charge in [0, 0.05) is 19.2 Å². The van der Waals surface area contributed by atoms with E-state index >= 15 is 0 Å². The lowest BCUT2D eigenvalue weighted by Crippen LogP contribution is -2.50. The van der Waals surface area contributed by atoms with Crippen molar-refractivity contribution in [2.75, 3.05) is 19.8 Å². The van der Waals surface area contributed by atoms with E-state index in [-0.39, 0.29) is 6.04 Å². The van der Waals surface area contributed by atoms with Crippen LogP contribution < -0.4 is 10.5 Å². The zero-order valence-electron chi connectivity index (χ0n) is 11.5. The summed E-state index contributed by atoms with van der Waals surface area (Å²) in [6.07, 6.45) is 7.33. The second kappa shape index (κ2) is 7.02. The average Bonchev–Trinajstić information content (AvgIpc) is 2.47. The lowest BCUT2D eigenvalue weighted by atomic mass is 9.84. The minimum atomic E-state index is -3.30. The normalized spacial score (nSPS) is 28.2. The van der Waals surface area contributed by atoms with Crippen LogP contribution in [-0.2, 0) is 14.8 Å². The Morgan fingerprint density at radius 2 is 1.89 bits per heavy atom. The molecule has 1 saturated heterocycles. The van der Waals surface area contributed by atoms with Crippen LogP contribution in [0.4, 0.5) is 0 Å². The van der Waals surface area contributed by atoms with Crippen LogP contribution in [0, 0.1) is 5.92 Å². The Kier molecular flexibility index (Phi) is 5.62. The van der Waals surface area contributed by atoms with Gasteiger partial charge >= 0.3 is 0 Å². The summed E-state index contributed by atoms with van der Waals surface area (Å²) in [4.78, 5) is 0. The van der Waals surface area contributed by atoms with Crippen LogP contribution in [0.3, 0.4) is 0 Å². The van der Waals surface area contributed by atoms with E-state index in [1.165, 1.54) is 19.3 Å². The highest BCUT2D eigenvalue weighted by Gasteiger charge is 2.32. The van der Waals surface area contributed by atoms with Crippen molar-refractivity contribution in [3.05, 3.63) is 0 Å². The summed E-state index contributed by atoms with van der Waals surface area (Å²) < 4.78 is 32.8. The van der Waals surface area contributed by atoms with Crippen molar-refractivity contribution in [2.45, 2.75) is 56.2 Å². The van der Waals surface area contributed by atoms with Gasteiger partial charge in [0.1, 0.15) is 0 Å². The first kappa shape index (κ1) is 15.2. The molecule has 3 N–H and O–H groups in total. The van der Waals surface area contributed by atoms with Gasteiger partial charge in [0.05, 0.1) is 11.9 Å². The molecule has 112 valence electrons. The highest BCUT2D eigenvalue weighted by atomic mass is 32.2. The van der Waals surface area contributed by atoms with Crippen molar-refractivity contribution in [1.82, 2.24) is 4.72 Å². The summed E-state index contributed by atoms with van der Waals surface area (Å²) in [5, 5.41) is -0.404. The van der Waals surface area contributed by atoms with Gasteiger partial charge in [0.15, 0.2) is 0 Å². The van der Waals surface area contributed by atoms with Crippen molar-refractivity contribution in [2.24, 2.45) is 11.7 Å². The van der Waals surface area contributed by atoms with Gasteiger partial charge < -0.3 is 10.5 Å². The van der Waals surface area contributed by atoms with Crippen molar-refractivity contribution in [3.63, 3.8) is 0 Å². The lowest BCUT2D eigenvalue weighted by Gasteiger charge is -2.32. The number of hydrogen-bond acceptors (Lipinski definition) is 4. The van der Waals surface area contributed by atoms with E-state index in [0.717, 1.165) is 19.3 Å². The molecule has 0 amide bonds. The van der Waals surface area contributed by atoms with Gasteiger partial charge in [-0.3, -0.25) is 0 Å². The van der Waals surface area contributed by atoms with Crippen molar-refractivity contribution >= 4 is 10.0 Å². The first-order valence-corrected chi connectivity index (χ1v) is 8.97. The van der Waals surface area contributed by atoms with E-state index in [2.05, 4.69) is 4.72 Å². The standard InChI is InChI=1S/C13H26N2O3S/c14-9-13(11-5-2-1-3-6-11)15-19(16,17)12-7-4-8-18-10-12/h11-13,15H,1-10,14H2. The summed E-state index contributed by atoms with van der Waals surface area (Å²) in [5.41, 5.74) is 5.78. The molecule has 0 aromatic heterocycles. The third kappa shape index (κ3) is 4.15. The molecule has 0 radical (unpaired) electrons. The Bertz CT molecular complexity index is 360. The molecule has 0 spiro atoms. The van der Waals surface area contributed by atoms with Crippen LogP contribution in [0.1, 0.15) is 44.9 Å². The Balaban J connectivity index is 1.95. The van der Waals surface area contributed by atoms with Crippen molar-refractivity contribution in [3.8, 4) is 0 Å². The van der Waals surface area contributed by atoms with E-state index in [9.17, 15) is 8.42 Å². The number of rotatable bonds is 5. The third-order valence-corrected chi connectivity index (χ3v) is 6.23. The number of sulfonamides is 1. The number of nitrogens with one attached hydrogen (secondary N) is 1. The summed E-state index contributed by atoms with van der Waals surface area (Å²) in [6, 6.07) is -0.104. The first-order valence-electron chi connectivity index (χ1n) is 7.42. The van der Waals surface area contributed by atoms with Crippen molar-refractivity contribution < 1.29 is 13.2 Å². The molecule has 5 nitrogen and oxygen atoms in total. The molecule has 1 aliphatic carbocycles. The number of hydrogen-bond donors (Lipinski definition) is 2. The monoisotopic (exact) mass is 290 g/mol. The fourth-order valence-corrected chi connectivity index (χ4v) is 4.79. The quantitative estimate of drug-likeness (QED) is 0.791. The second-order valence-corrected chi connectivity index (χ2v) is 7.73. The maximum absolute atomic E-state index is 12.4. The SMILES string of the molecule is NCC(NS(=O)(=O)C1CCCOC1)C1CCCCC1. The second-order valence-electron chi connectivity index (χ2n) is 5.74. The number of ether oxygens (including phenoxy) is 1. The molecule has 2 rings (SSSR count). The van der Waals surface area contributed by atoms with Gasteiger partial charge in [-0.25, -0.2) is 13.1 Å². The summed E-state index contributed by atoms with van der Waals surface area (Å²) >= 11 is 0. The topological polar surface area (TPSA) is 81.4 Å². The molecular formula is C13H26N2O3S. The summed E-state index contributed by atoms with van der Waals surface area (Å²) in [7, 11) is -3.30. The minimum absolute atomic E-state index is 0.104. The molecule has 0 aromatic carbocycles. The van der Waals surface area contributed by atoms with Gasteiger partial charge in [-0.1, -0.05) is 19.3 Å².